The van der Waals surface area contributed by atoms with E-state index < -0.39 is 0 Å². The van der Waals surface area contributed by atoms with Gasteiger partial charge in [-0.1, -0.05) is 0 Å². The minimum Gasteiger partial charge on any atom is -0.489 e. The Balaban J connectivity index is 2.43. The molecule has 0 fully saturated rings. The molecule has 5 N–H and O–H groups in total. The molecule has 5 nitrogen and oxygen atoms in total. The van der Waals surface area contributed by atoms with Gasteiger partial charge in [0, 0.05) is 24.7 Å². The molecule has 0 saturated heterocycles. The van der Waals surface area contributed by atoms with E-state index in [1.807, 2.05) is 32.0 Å². The van der Waals surface area contributed by atoms with Crippen LogP contribution in [0.1, 0.15) is 33.1 Å². The molecule has 0 saturated carbocycles. The third-order valence-electron chi connectivity index (χ3n) is 2.56. The number of amides is 1. The lowest BCUT2D eigenvalue weighted by atomic mass is 10.2. The van der Waals surface area contributed by atoms with E-state index in [1.54, 1.807) is 0 Å². The van der Waals surface area contributed by atoms with Crippen LogP contribution in [0.15, 0.2) is 18.2 Å². The van der Waals surface area contributed by atoms with Crippen LogP contribution in [-0.2, 0) is 4.79 Å². The third kappa shape index (κ3) is 5.99. The van der Waals surface area contributed by atoms with E-state index in [0.717, 1.165) is 25.1 Å². The van der Waals surface area contributed by atoms with Gasteiger partial charge in [-0.2, -0.15) is 0 Å². The zero-order valence-corrected chi connectivity index (χ0v) is 11.6. The smallest absolute Gasteiger partial charge is 0.217 e. The minimum atomic E-state index is -0.250. The van der Waals surface area contributed by atoms with Crippen molar-refractivity contribution >= 4 is 17.3 Å². The molecule has 0 heterocycles. The Morgan fingerprint density at radius 2 is 2.11 bits per heavy atom. The van der Waals surface area contributed by atoms with E-state index in [4.69, 9.17) is 16.2 Å². The van der Waals surface area contributed by atoms with Crippen molar-refractivity contribution in [1.82, 2.24) is 0 Å². The average molecular weight is 265 g/mol. The number of anilines is 2. The van der Waals surface area contributed by atoms with Crippen LogP contribution >= 0.6 is 0 Å². The Kier molecular flexibility index (Phi) is 5.99. The molecule has 1 aromatic rings. The molecule has 0 aliphatic carbocycles. The van der Waals surface area contributed by atoms with Crippen LogP contribution in [0.5, 0.6) is 5.75 Å². The number of nitrogen functional groups attached to an aromatic ring is 1. The average Bonchev–Trinajstić information content (AvgIpc) is 2.31. The van der Waals surface area contributed by atoms with Crippen molar-refractivity contribution in [2.24, 2.45) is 5.73 Å². The Bertz CT molecular complexity index is 419. The molecule has 5 heteroatoms. The van der Waals surface area contributed by atoms with Gasteiger partial charge >= 0.3 is 0 Å². The highest BCUT2D eigenvalue weighted by Gasteiger charge is 2.04. The van der Waals surface area contributed by atoms with Gasteiger partial charge in [-0.15, -0.1) is 0 Å². The number of rotatable bonds is 8. The Morgan fingerprint density at radius 1 is 1.37 bits per heavy atom. The van der Waals surface area contributed by atoms with E-state index >= 15 is 0 Å². The molecule has 0 aliphatic rings. The fourth-order valence-electron chi connectivity index (χ4n) is 1.66. The summed E-state index contributed by atoms with van der Waals surface area (Å²) >= 11 is 0. The molecular formula is C14H23N3O2. The van der Waals surface area contributed by atoms with E-state index in [9.17, 15) is 4.79 Å². The summed E-state index contributed by atoms with van der Waals surface area (Å²) in [6.45, 7) is 4.71. The van der Waals surface area contributed by atoms with E-state index in [-0.39, 0.29) is 12.0 Å². The van der Waals surface area contributed by atoms with E-state index in [1.165, 1.54) is 0 Å². The predicted octanol–water partition coefficient (Wildman–Crippen LogP) is 2.12. The zero-order valence-electron chi connectivity index (χ0n) is 11.6. The number of hydrogen-bond acceptors (Lipinski definition) is 4. The van der Waals surface area contributed by atoms with E-state index in [0.29, 0.717) is 17.9 Å². The highest BCUT2D eigenvalue weighted by molar-refractivity contribution is 5.73. The molecule has 0 unspecified atom stereocenters. The molecule has 0 aliphatic heterocycles. The van der Waals surface area contributed by atoms with Gasteiger partial charge in [-0.3, -0.25) is 4.79 Å². The monoisotopic (exact) mass is 265 g/mol. The van der Waals surface area contributed by atoms with Crippen molar-refractivity contribution < 1.29 is 9.53 Å². The van der Waals surface area contributed by atoms with Crippen LogP contribution in [0.2, 0.25) is 0 Å². The lowest BCUT2D eigenvalue weighted by molar-refractivity contribution is -0.118. The van der Waals surface area contributed by atoms with Gasteiger partial charge < -0.3 is 21.5 Å². The highest BCUT2D eigenvalue weighted by Crippen LogP contribution is 2.26. The molecule has 0 radical (unpaired) electrons. The van der Waals surface area contributed by atoms with Crippen molar-refractivity contribution in [1.29, 1.82) is 0 Å². The summed E-state index contributed by atoms with van der Waals surface area (Å²) in [5.74, 6) is 0.442. The predicted molar refractivity (Wildman–Crippen MR) is 78.2 cm³/mol. The van der Waals surface area contributed by atoms with Gasteiger partial charge in [0.1, 0.15) is 5.75 Å². The van der Waals surface area contributed by atoms with Crippen LogP contribution in [0.25, 0.3) is 0 Å². The summed E-state index contributed by atoms with van der Waals surface area (Å²) in [4.78, 5) is 10.6. The number of carbonyl (C=O) groups is 1. The number of benzene rings is 1. The van der Waals surface area contributed by atoms with Gasteiger partial charge in [0.15, 0.2) is 0 Å². The summed E-state index contributed by atoms with van der Waals surface area (Å²) in [5.41, 5.74) is 12.5. The fraction of sp³-hybridized carbons (Fsp3) is 0.500. The Hall–Kier alpha value is -1.91. The number of ether oxygens (including phenoxy) is 1. The van der Waals surface area contributed by atoms with Crippen LogP contribution in [0.3, 0.4) is 0 Å². The fourth-order valence-corrected chi connectivity index (χ4v) is 1.66. The quantitative estimate of drug-likeness (QED) is 0.496. The molecule has 106 valence electrons. The van der Waals surface area contributed by atoms with Gasteiger partial charge in [-0.25, -0.2) is 0 Å². The molecule has 0 aromatic heterocycles. The molecule has 0 atom stereocenters. The summed E-state index contributed by atoms with van der Waals surface area (Å²) in [6, 6.07) is 5.63. The van der Waals surface area contributed by atoms with Crippen LogP contribution in [0.4, 0.5) is 11.4 Å². The van der Waals surface area contributed by atoms with Gasteiger partial charge in [-0.05, 0) is 38.8 Å². The first kappa shape index (κ1) is 15.1. The van der Waals surface area contributed by atoms with Gasteiger partial charge in [0.25, 0.3) is 0 Å². The standard InChI is InChI=1S/C14H23N3O2/c1-10(2)19-13-9-11(6-7-12(13)15)17-8-4-3-5-14(16)18/h6-7,9-10,17H,3-5,8,15H2,1-2H3,(H2,16,18). The second-order valence-electron chi connectivity index (χ2n) is 4.77. The Morgan fingerprint density at radius 3 is 2.74 bits per heavy atom. The summed E-state index contributed by atoms with van der Waals surface area (Å²) in [6.07, 6.45) is 2.22. The molecule has 19 heavy (non-hydrogen) atoms. The van der Waals surface area contributed by atoms with Crippen LogP contribution in [-0.4, -0.2) is 18.6 Å². The molecule has 1 amide bonds. The number of carbonyl (C=O) groups excluding carboxylic acids is 1. The first-order valence-electron chi connectivity index (χ1n) is 6.57. The maximum atomic E-state index is 10.6. The van der Waals surface area contributed by atoms with Gasteiger partial charge in [0.05, 0.1) is 11.8 Å². The molecule has 1 aromatic carbocycles. The lowest BCUT2D eigenvalue weighted by Gasteiger charge is -2.14. The maximum absolute atomic E-state index is 10.6. The first-order valence-corrected chi connectivity index (χ1v) is 6.57. The number of nitrogens with two attached hydrogens (primary N) is 2. The number of primary amides is 1. The Labute approximate surface area is 114 Å². The van der Waals surface area contributed by atoms with Crippen molar-refractivity contribution in [2.45, 2.75) is 39.2 Å². The van der Waals surface area contributed by atoms with E-state index in [2.05, 4.69) is 5.32 Å². The molecule has 1 rings (SSSR count). The van der Waals surface area contributed by atoms with Crippen molar-refractivity contribution in [3.63, 3.8) is 0 Å². The second kappa shape index (κ2) is 7.51. The summed E-state index contributed by atoms with van der Waals surface area (Å²) < 4.78 is 5.62. The number of nitrogens with one attached hydrogen (secondary N) is 1. The van der Waals surface area contributed by atoms with Gasteiger partial charge in [0.2, 0.25) is 5.91 Å². The summed E-state index contributed by atoms with van der Waals surface area (Å²) in [5, 5.41) is 3.27. The van der Waals surface area contributed by atoms with Crippen LogP contribution < -0.4 is 21.5 Å². The highest BCUT2D eigenvalue weighted by atomic mass is 16.5. The molecule has 0 spiro atoms. The third-order valence-corrected chi connectivity index (χ3v) is 2.56. The molecular weight excluding hydrogens is 242 g/mol. The first-order chi connectivity index (χ1) is 8.99. The SMILES string of the molecule is CC(C)Oc1cc(NCCCCC(N)=O)ccc1N. The summed E-state index contributed by atoms with van der Waals surface area (Å²) in [7, 11) is 0. The number of hydrogen-bond donors (Lipinski definition) is 3. The van der Waals surface area contributed by atoms with Crippen molar-refractivity contribution in [2.75, 3.05) is 17.6 Å². The molecule has 0 bridgehead atoms. The zero-order chi connectivity index (χ0) is 14.3. The minimum absolute atomic E-state index is 0.0908. The second-order valence-corrected chi connectivity index (χ2v) is 4.77. The van der Waals surface area contributed by atoms with Crippen molar-refractivity contribution in [3.8, 4) is 5.75 Å². The van der Waals surface area contributed by atoms with Crippen LogP contribution in [0, 0.1) is 0 Å². The van der Waals surface area contributed by atoms with Crippen molar-refractivity contribution in [3.05, 3.63) is 18.2 Å². The lowest BCUT2D eigenvalue weighted by Crippen LogP contribution is -2.11. The largest absolute Gasteiger partial charge is 0.489 e. The number of unbranched alkanes of at least 4 members (excludes halogenated alkanes) is 1. The maximum Gasteiger partial charge on any atom is 0.217 e. The normalized spacial score (nSPS) is 10.5. The topological polar surface area (TPSA) is 90.4 Å².